The Morgan fingerprint density at radius 3 is 2.22 bits per heavy atom. The van der Waals surface area contributed by atoms with Crippen LogP contribution >= 0.6 is 0 Å². The van der Waals surface area contributed by atoms with Gasteiger partial charge < -0.3 is 24.8 Å². The van der Waals surface area contributed by atoms with E-state index in [0.29, 0.717) is 0 Å². The molecule has 1 aliphatic rings. The number of carbonyl (C=O) groups is 3. The molecule has 1 heterocycles. The number of ether oxygens (including phenoxy) is 2. The van der Waals surface area contributed by atoms with Crippen molar-refractivity contribution in [3.05, 3.63) is 11.8 Å². The maximum atomic E-state index is 12.0. The lowest BCUT2D eigenvalue weighted by molar-refractivity contribution is -0.155. The Kier molecular flexibility index (Phi) is 6.82. The molecule has 1 aliphatic heterocycles. The lowest BCUT2D eigenvalue weighted by atomic mass is 10.1. The monoisotopic (exact) mass is 331 g/mol. The molecule has 0 aliphatic carbocycles. The smallest absolute Gasteiger partial charge is 0.355 e. The fourth-order valence-corrected chi connectivity index (χ4v) is 2.20. The molecular weight excluding hydrogens is 310 g/mol. The zero-order valence-corrected chi connectivity index (χ0v) is 13.1. The standard InChI is InChI=1S/C14H21NO8/c1-4-22-14(21)9(5-7(2)17)15(8(3)18)13-12(20)11(19)10(6-16)23-13/h5,10-13,16,19-20H,4,6H2,1-3H3/b9-5-/t10-,11?,12+,13-/m1/s1. The van der Waals surface area contributed by atoms with E-state index >= 15 is 0 Å². The van der Waals surface area contributed by atoms with E-state index < -0.39 is 54.5 Å². The molecule has 0 saturated carbocycles. The van der Waals surface area contributed by atoms with Crippen molar-refractivity contribution in [2.75, 3.05) is 13.2 Å². The van der Waals surface area contributed by atoms with Gasteiger partial charge in [0.25, 0.3) is 0 Å². The molecule has 9 nitrogen and oxygen atoms in total. The van der Waals surface area contributed by atoms with Gasteiger partial charge in [0.1, 0.15) is 24.0 Å². The van der Waals surface area contributed by atoms with E-state index in [-0.39, 0.29) is 6.61 Å². The number of esters is 1. The zero-order valence-electron chi connectivity index (χ0n) is 13.1. The number of rotatable bonds is 6. The average Bonchev–Trinajstić information content (AvgIpc) is 2.74. The summed E-state index contributed by atoms with van der Waals surface area (Å²) in [4.78, 5) is 36.1. The molecule has 0 radical (unpaired) electrons. The van der Waals surface area contributed by atoms with Crippen LogP contribution in [0.4, 0.5) is 0 Å². The Morgan fingerprint density at radius 1 is 1.22 bits per heavy atom. The van der Waals surface area contributed by atoms with Gasteiger partial charge in [0, 0.05) is 13.0 Å². The summed E-state index contributed by atoms with van der Waals surface area (Å²) in [6.45, 7) is 3.24. The van der Waals surface area contributed by atoms with Gasteiger partial charge in [-0.25, -0.2) is 4.79 Å². The van der Waals surface area contributed by atoms with Crippen molar-refractivity contribution in [1.29, 1.82) is 0 Å². The van der Waals surface area contributed by atoms with Gasteiger partial charge in [0.15, 0.2) is 12.0 Å². The number of amides is 1. The van der Waals surface area contributed by atoms with Crippen LogP contribution in [0, 0.1) is 0 Å². The lowest BCUT2D eigenvalue weighted by Gasteiger charge is -2.30. The van der Waals surface area contributed by atoms with Crippen LogP contribution in [0.2, 0.25) is 0 Å². The van der Waals surface area contributed by atoms with E-state index in [1.54, 1.807) is 6.92 Å². The fourth-order valence-electron chi connectivity index (χ4n) is 2.20. The summed E-state index contributed by atoms with van der Waals surface area (Å²) < 4.78 is 10.1. The number of aliphatic hydroxyl groups is 3. The highest BCUT2D eigenvalue weighted by molar-refractivity contribution is 6.00. The van der Waals surface area contributed by atoms with Gasteiger partial charge in [0.2, 0.25) is 5.91 Å². The molecule has 23 heavy (non-hydrogen) atoms. The molecule has 0 aromatic heterocycles. The molecule has 1 saturated heterocycles. The van der Waals surface area contributed by atoms with Crippen molar-refractivity contribution in [2.24, 2.45) is 0 Å². The number of ketones is 1. The summed E-state index contributed by atoms with van der Waals surface area (Å²) in [6.07, 6.45) is -4.70. The molecule has 3 N–H and O–H groups in total. The molecule has 9 heteroatoms. The third-order valence-electron chi connectivity index (χ3n) is 3.19. The molecule has 1 amide bonds. The van der Waals surface area contributed by atoms with Crippen molar-refractivity contribution in [3.63, 3.8) is 0 Å². The van der Waals surface area contributed by atoms with Crippen LogP contribution in [0.1, 0.15) is 20.8 Å². The summed E-state index contributed by atoms with van der Waals surface area (Å²) in [6, 6.07) is 0. The van der Waals surface area contributed by atoms with Crippen LogP contribution in [0.25, 0.3) is 0 Å². The SMILES string of the molecule is CCOC(=O)/C(=C/C(C)=O)N(C(C)=O)[C@@H]1O[C@H](CO)C(O)[C@@H]1O. The minimum absolute atomic E-state index is 0.00971. The lowest BCUT2D eigenvalue weighted by Crippen LogP contribution is -2.47. The molecule has 0 bridgehead atoms. The molecular formula is C14H21NO8. The van der Waals surface area contributed by atoms with E-state index in [1.807, 2.05) is 0 Å². The van der Waals surface area contributed by atoms with Crippen molar-refractivity contribution < 1.29 is 39.2 Å². The molecule has 130 valence electrons. The molecule has 0 spiro atoms. The van der Waals surface area contributed by atoms with Gasteiger partial charge in [-0.1, -0.05) is 0 Å². The summed E-state index contributed by atoms with van der Waals surface area (Å²) in [5, 5.41) is 28.9. The van der Waals surface area contributed by atoms with Crippen LogP contribution in [-0.4, -0.2) is 75.6 Å². The average molecular weight is 331 g/mol. The van der Waals surface area contributed by atoms with Crippen molar-refractivity contribution in [2.45, 2.75) is 45.3 Å². The van der Waals surface area contributed by atoms with Crippen molar-refractivity contribution in [1.82, 2.24) is 4.90 Å². The first-order valence-corrected chi connectivity index (χ1v) is 7.06. The predicted octanol–water partition coefficient (Wildman–Crippen LogP) is -1.69. The first kappa shape index (κ1) is 19.2. The van der Waals surface area contributed by atoms with Crippen LogP contribution in [0.3, 0.4) is 0 Å². The van der Waals surface area contributed by atoms with E-state index in [4.69, 9.17) is 14.6 Å². The Labute approximate surface area is 133 Å². The van der Waals surface area contributed by atoms with Crippen LogP contribution in [0.5, 0.6) is 0 Å². The minimum atomic E-state index is -1.57. The molecule has 1 rings (SSSR count). The molecule has 4 atom stereocenters. The second-order valence-corrected chi connectivity index (χ2v) is 4.98. The number of carbonyl (C=O) groups excluding carboxylic acids is 3. The third kappa shape index (κ3) is 4.35. The third-order valence-corrected chi connectivity index (χ3v) is 3.19. The predicted molar refractivity (Wildman–Crippen MR) is 75.7 cm³/mol. The number of hydrogen-bond donors (Lipinski definition) is 3. The fraction of sp³-hybridized carbons (Fsp3) is 0.643. The molecule has 0 aromatic rings. The summed E-state index contributed by atoms with van der Waals surface area (Å²) in [7, 11) is 0. The summed E-state index contributed by atoms with van der Waals surface area (Å²) in [5.74, 6) is -2.18. The Bertz CT molecular complexity index is 503. The maximum Gasteiger partial charge on any atom is 0.355 e. The Balaban J connectivity index is 3.24. The molecule has 0 aromatic carbocycles. The Morgan fingerprint density at radius 2 is 1.83 bits per heavy atom. The second-order valence-electron chi connectivity index (χ2n) is 4.98. The zero-order chi connectivity index (χ0) is 17.7. The highest BCUT2D eigenvalue weighted by Crippen LogP contribution is 2.27. The highest BCUT2D eigenvalue weighted by atomic mass is 16.6. The first-order valence-electron chi connectivity index (χ1n) is 7.06. The second kappa shape index (κ2) is 8.16. The number of allylic oxidation sites excluding steroid dienone is 1. The van der Waals surface area contributed by atoms with E-state index in [1.165, 1.54) is 6.92 Å². The number of nitrogens with zero attached hydrogens (tertiary/aromatic N) is 1. The van der Waals surface area contributed by atoms with Crippen molar-refractivity contribution in [3.8, 4) is 0 Å². The van der Waals surface area contributed by atoms with Crippen LogP contribution in [0.15, 0.2) is 11.8 Å². The van der Waals surface area contributed by atoms with Gasteiger partial charge in [-0.05, 0) is 13.8 Å². The van der Waals surface area contributed by atoms with Gasteiger partial charge in [-0.15, -0.1) is 0 Å². The summed E-state index contributed by atoms with van der Waals surface area (Å²) >= 11 is 0. The van der Waals surface area contributed by atoms with Gasteiger partial charge >= 0.3 is 5.97 Å². The van der Waals surface area contributed by atoms with Gasteiger partial charge in [-0.2, -0.15) is 0 Å². The van der Waals surface area contributed by atoms with E-state index in [9.17, 15) is 24.6 Å². The first-order chi connectivity index (χ1) is 10.7. The van der Waals surface area contributed by atoms with Crippen LogP contribution in [-0.2, 0) is 23.9 Å². The summed E-state index contributed by atoms with van der Waals surface area (Å²) in [5.41, 5.74) is -0.415. The van der Waals surface area contributed by atoms with E-state index in [0.717, 1.165) is 17.9 Å². The normalized spacial score (nSPS) is 27.7. The van der Waals surface area contributed by atoms with E-state index in [2.05, 4.69) is 0 Å². The van der Waals surface area contributed by atoms with Gasteiger partial charge in [0.05, 0.1) is 13.2 Å². The van der Waals surface area contributed by atoms with Crippen LogP contribution < -0.4 is 0 Å². The number of hydrogen-bond acceptors (Lipinski definition) is 8. The van der Waals surface area contributed by atoms with Gasteiger partial charge in [-0.3, -0.25) is 14.5 Å². The highest BCUT2D eigenvalue weighted by Gasteiger charge is 2.48. The maximum absolute atomic E-state index is 12.0. The molecule has 1 unspecified atom stereocenters. The largest absolute Gasteiger partial charge is 0.461 e. The topological polar surface area (TPSA) is 134 Å². The van der Waals surface area contributed by atoms with Crippen molar-refractivity contribution >= 4 is 17.7 Å². The molecule has 1 fully saturated rings. The Hall–Kier alpha value is -1.81. The number of aliphatic hydroxyl groups excluding tert-OH is 3. The minimum Gasteiger partial charge on any atom is -0.461 e. The quantitative estimate of drug-likeness (QED) is 0.388.